The zero-order chi connectivity index (χ0) is 22.0. The first-order valence-corrected chi connectivity index (χ1v) is 11.6. The lowest BCUT2D eigenvalue weighted by Crippen LogP contribution is -2.34. The molecule has 0 atom stereocenters. The summed E-state index contributed by atoms with van der Waals surface area (Å²) in [6, 6.07) is 36.5. The molecular weight excluding hydrogens is 422 g/mol. The SMILES string of the molecule is FS1(F)N(c2ccccc2)C(c2ccccc2)=CC(c2ccccc2)=[N+]1c1ccccc1. The molecule has 0 aromatic heterocycles. The van der Waals surface area contributed by atoms with E-state index < -0.39 is 11.2 Å². The van der Waals surface area contributed by atoms with Gasteiger partial charge in [-0.1, -0.05) is 96.7 Å². The Morgan fingerprint density at radius 2 is 1.03 bits per heavy atom. The molecule has 0 N–H and O–H groups in total. The molecule has 32 heavy (non-hydrogen) atoms. The fourth-order valence-corrected chi connectivity index (χ4v) is 5.55. The van der Waals surface area contributed by atoms with Crippen LogP contribution < -0.4 is 4.31 Å². The molecule has 0 radical (unpaired) electrons. The van der Waals surface area contributed by atoms with Gasteiger partial charge in [-0.3, -0.25) is 0 Å². The summed E-state index contributed by atoms with van der Waals surface area (Å²) < 4.78 is 35.7. The molecule has 1 heterocycles. The molecule has 5 rings (SSSR count). The summed E-state index contributed by atoms with van der Waals surface area (Å²) >= 11 is -4.50. The number of anilines is 1. The maximum absolute atomic E-state index is 16.6. The lowest BCUT2D eigenvalue weighted by atomic mass is 10.0. The maximum atomic E-state index is 16.6. The third kappa shape index (κ3) is 3.61. The Balaban J connectivity index is 1.85. The van der Waals surface area contributed by atoms with Gasteiger partial charge in [-0.2, -0.15) is 0 Å². The second kappa shape index (κ2) is 8.44. The van der Waals surface area contributed by atoms with E-state index in [2.05, 4.69) is 0 Å². The Kier molecular flexibility index (Phi) is 5.33. The van der Waals surface area contributed by atoms with Crippen LogP contribution in [0.1, 0.15) is 11.1 Å². The first-order chi connectivity index (χ1) is 15.7. The normalized spacial score (nSPS) is 16.4. The summed E-state index contributed by atoms with van der Waals surface area (Å²) in [5.74, 6) is 0. The highest BCUT2D eigenvalue weighted by Crippen LogP contribution is 2.64. The second-order valence-corrected chi connectivity index (χ2v) is 8.89. The van der Waals surface area contributed by atoms with Crippen molar-refractivity contribution in [3.8, 4) is 0 Å². The smallest absolute Gasteiger partial charge is 0.201 e. The molecule has 158 valence electrons. The average molecular weight is 444 g/mol. The van der Waals surface area contributed by atoms with E-state index in [1.807, 2.05) is 78.9 Å². The van der Waals surface area contributed by atoms with Crippen molar-refractivity contribution in [3.63, 3.8) is 0 Å². The predicted molar refractivity (Wildman–Crippen MR) is 130 cm³/mol. The van der Waals surface area contributed by atoms with E-state index in [1.54, 1.807) is 48.5 Å². The Hall–Kier alpha value is -3.70. The molecular formula is C27H21F2N2S+. The number of hydrogen-bond donors (Lipinski definition) is 0. The molecule has 5 heteroatoms. The molecule has 0 aliphatic carbocycles. The third-order valence-electron chi connectivity index (χ3n) is 5.27. The first-order valence-electron chi connectivity index (χ1n) is 10.3. The molecule has 0 spiro atoms. The van der Waals surface area contributed by atoms with Crippen LogP contribution in [-0.2, 0) is 0 Å². The van der Waals surface area contributed by atoms with Crippen LogP contribution in [0.25, 0.3) is 5.70 Å². The van der Waals surface area contributed by atoms with Crippen molar-refractivity contribution in [1.29, 1.82) is 0 Å². The number of nitrogens with zero attached hydrogens (tertiary/aromatic N) is 2. The number of hydrogen-bond acceptors (Lipinski definition) is 1. The van der Waals surface area contributed by atoms with Gasteiger partial charge in [0.25, 0.3) is 0 Å². The minimum absolute atomic E-state index is 0.454. The quantitative estimate of drug-likeness (QED) is 0.292. The number of allylic oxidation sites excluding steroid dienone is 1. The number of para-hydroxylation sites is 2. The van der Waals surface area contributed by atoms with Crippen LogP contribution in [0.15, 0.2) is 127 Å². The van der Waals surface area contributed by atoms with E-state index in [4.69, 9.17) is 0 Å². The number of halogens is 2. The highest BCUT2D eigenvalue weighted by Gasteiger charge is 2.52. The molecule has 0 saturated carbocycles. The van der Waals surface area contributed by atoms with Crippen LogP contribution in [0.2, 0.25) is 0 Å². The van der Waals surface area contributed by atoms with Crippen molar-refractivity contribution in [2.45, 2.75) is 0 Å². The highest BCUT2D eigenvalue weighted by molar-refractivity contribution is 8.21. The van der Waals surface area contributed by atoms with Crippen LogP contribution in [0.3, 0.4) is 0 Å². The lowest BCUT2D eigenvalue weighted by Gasteiger charge is -2.36. The van der Waals surface area contributed by atoms with Crippen LogP contribution in [0.4, 0.5) is 19.1 Å². The van der Waals surface area contributed by atoms with Crippen LogP contribution in [-0.4, -0.2) is 9.69 Å². The Labute approximate surface area is 188 Å². The summed E-state index contributed by atoms with van der Waals surface area (Å²) in [7, 11) is 0. The topological polar surface area (TPSA) is 6.25 Å². The van der Waals surface area contributed by atoms with E-state index in [0.29, 0.717) is 22.8 Å². The third-order valence-corrected chi connectivity index (χ3v) is 6.96. The van der Waals surface area contributed by atoms with Gasteiger partial charge >= 0.3 is 11.2 Å². The van der Waals surface area contributed by atoms with E-state index in [9.17, 15) is 0 Å². The van der Waals surface area contributed by atoms with Crippen molar-refractivity contribution < 1.29 is 11.8 Å². The van der Waals surface area contributed by atoms with E-state index >= 15 is 7.77 Å². The van der Waals surface area contributed by atoms with Gasteiger partial charge in [-0.25, -0.2) is 4.31 Å². The molecule has 2 nitrogen and oxygen atoms in total. The van der Waals surface area contributed by atoms with E-state index in [0.717, 1.165) is 11.1 Å². The van der Waals surface area contributed by atoms with Gasteiger partial charge in [0.2, 0.25) is 11.4 Å². The molecule has 0 amide bonds. The van der Waals surface area contributed by atoms with Gasteiger partial charge in [-0.15, -0.1) is 0 Å². The van der Waals surface area contributed by atoms with E-state index in [-0.39, 0.29) is 0 Å². The van der Waals surface area contributed by atoms with Crippen molar-refractivity contribution in [2.24, 2.45) is 0 Å². The summed E-state index contributed by atoms with van der Waals surface area (Å²) in [6.07, 6.45) is 1.87. The maximum Gasteiger partial charge on any atom is 0.388 e. The minimum Gasteiger partial charge on any atom is -0.201 e. The van der Waals surface area contributed by atoms with Crippen molar-refractivity contribution >= 4 is 34.0 Å². The van der Waals surface area contributed by atoms with Crippen LogP contribution in [0, 0.1) is 0 Å². The van der Waals surface area contributed by atoms with Gasteiger partial charge in [-0.05, 0) is 29.8 Å². The zero-order valence-electron chi connectivity index (χ0n) is 17.2. The fourth-order valence-electron chi connectivity index (χ4n) is 3.84. The summed E-state index contributed by atoms with van der Waals surface area (Å²) in [5, 5.41) is 0. The largest absolute Gasteiger partial charge is 0.388 e. The number of benzene rings is 4. The number of rotatable bonds is 4. The average Bonchev–Trinajstić information content (AvgIpc) is 2.85. The highest BCUT2D eigenvalue weighted by atomic mass is 32.3. The van der Waals surface area contributed by atoms with Gasteiger partial charge < -0.3 is 0 Å². The second-order valence-electron chi connectivity index (χ2n) is 7.32. The molecule has 1 aliphatic heterocycles. The van der Waals surface area contributed by atoms with Crippen LogP contribution in [0.5, 0.6) is 0 Å². The van der Waals surface area contributed by atoms with Crippen molar-refractivity contribution in [2.75, 3.05) is 4.31 Å². The molecule has 4 aromatic carbocycles. The molecule has 0 fully saturated rings. The molecule has 1 aliphatic rings. The standard InChI is InChI=1S/C27H21F2N2S/c28-32(29)30(24-17-9-3-10-18-24)26(22-13-5-1-6-14-22)21-27(23-15-7-2-8-16-23)31(32)25-19-11-4-12-20-25/h1-21H/q+1. The molecule has 0 unspecified atom stereocenters. The van der Waals surface area contributed by atoms with Crippen LogP contribution >= 0.6 is 11.2 Å². The summed E-state index contributed by atoms with van der Waals surface area (Å²) in [5.41, 5.74) is 3.34. The Morgan fingerprint density at radius 1 is 0.562 bits per heavy atom. The van der Waals surface area contributed by atoms with Gasteiger partial charge in [0.05, 0.1) is 11.4 Å². The Morgan fingerprint density at radius 3 is 1.59 bits per heavy atom. The van der Waals surface area contributed by atoms with Crippen molar-refractivity contribution in [3.05, 3.63) is 139 Å². The van der Waals surface area contributed by atoms with Gasteiger partial charge in [0, 0.05) is 23.8 Å². The Bertz CT molecular complexity index is 1270. The van der Waals surface area contributed by atoms with Gasteiger partial charge in [0.15, 0.2) is 0 Å². The summed E-state index contributed by atoms with van der Waals surface area (Å²) in [6.45, 7) is 0. The van der Waals surface area contributed by atoms with Gasteiger partial charge in [0.1, 0.15) is 0 Å². The molecule has 0 saturated heterocycles. The molecule has 0 bridgehead atoms. The lowest BCUT2D eigenvalue weighted by molar-refractivity contribution is -0.266. The predicted octanol–water partition coefficient (Wildman–Crippen LogP) is 7.78. The summed E-state index contributed by atoms with van der Waals surface area (Å²) in [4.78, 5) is 0. The minimum atomic E-state index is -4.50. The first kappa shape index (κ1) is 20.2. The van der Waals surface area contributed by atoms with Crippen molar-refractivity contribution in [1.82, 2.24) is 0 Å². The fraction of sp³-hybridized carbons (Fsp3) is 0. The zero-order valence-corrected chi connectivity index (χ0v) is 18.0. The monoisotopic (exact) mass is 443 g/mol. The van der Waals surface area contributed by atoms with E-state index in [1.165, 1.54) is 8.29 Å². The molecule has 4 aromatic rings.